The van der Waals surface area contributed by atoms with Crippen molar-refractivity contribution in [2.75, 3.05) is 5.75 Å². The van der Waals surface area contributed by atoms with Crippen LogP contribution < -0.4 is 5.32 Å². The van der Waals surface area contributed by atoms with Gasteiger partial charge in [0.05, 0.1) is 11.8 Å². The fourth-order valence-corrected chi connectivity index (χ4v) is 3.57. The number of nitriles is 1. The first kappa shape index (κ1) is 14.4. The zero-order valence-corrected chi connectivity index (χ0v) is 12.7. The van der Waals surface area contributed by atoms with Crippen LogP contribution in [-0.2, 0) is 4.79 Å². The van der Waals surface area contributed by atoms with Gasteiger partial charge in [0.2, 0.25) is 5.91 Å². The van der Waals surface area contributed by atoms with E-state index >= 15 is 0 Å². The fraction of sp³-hybridized carbons (Fsp3) is 0.714. The molecule has 2 aliphatic rings. The van der Waals surface area contributed by atoms with E-state index in [1.807, 2.05) is 4.57 Å². The maximum absolute atomic E-state index is 12.1. The monoisotopic (exact) mass is 305 g/mol. The summed E-state index contributed by atoms with van der Waals surface area (Å²) < 4.78 is 2.04. The number of thioether (sulfide) groups is 1. The average Bonchev–Trinajstić information content (AvgIpc) is 3.24. The third-order valence-electron chi connectivity index (χ3n) is 4.11. The maximum atomic E-state index is 12.1. The Bertz CT molecular complexity index is 554. The molecule has 6 nitrogen and oxygen atoms in total. The molecular formula is C14H19N5OS. The number of rotatable bonds is 5. The largest absolute Gasteiger partial charge is 0.337 e. The van der Waals surface area contributed by atoms with Gasteiger partial charge in [0, 0.05) is 6.04 Å². The van der Waals surface area contributed by atoms with Gasteiger partial charge in [-0.2, -0.15) is 5.26 Å². The Hall–Kier alpha value is -1.55. The Morgan fingerprint density at radius 3 is 2.90 bits per heavy atom. The van der Waals surface area contributed by atoms with Gasteiger partial charge in [-0.05, 0) is 25.7 Å². The first-order chi connectivity index (χ1) is 10.2. The summed E-state index contributed by atoms with van der Waals surface area (Å²) in [6, 6.07) is 2.82. The number of amides is 1. The van der Waals surface area contributed by atoms with E-state index in [4.69, 9.17) is 0 Å². The number of hydrogen-bond acceptors (Lipinski definition) is 5. The van der Waals surface area contributed by atoms with Crippen LogP contribution in [0.1, 0.15) is 51.0 Å². The SMILES string of the molecule is N#CC1(NC(=O)CSc2nncn2C2CC2)CCCCC1. The van der Waals surface area contributed by atoms with Gasteiger partial charge < -0.3 is 9.88 Å². The second kappa shape index (κ2) is 6.06. The molecule has 1 amide bonds. The Morgan fingerprint density at radius 2 is 2.24 bits per heavy atom. The summed E-state index contributed by atoms with van der Waals surface area (Å²) in [5, 5.41) is 21.1. The minimum atomic E-state index is -0.653. The third kappa shape index (κ3) is 3.38. The van der Waals surface area contributed by atoms with Crippen molar-refractivity contribution in [3.05, 3.63) is 6.33 Å². The molecular weight excluding hydrogens is 286 g/mol. The minimum absolute atomic E-state index is 0.0891. The van der Waals surface area contributed by atoms with Crippen LogP contribution in [0, 0.1) is 11.3 Å². The van der Waals surface area contributed by atoms with Crippen LogP contribution in [0.25, 0.3) is 0 Å². The van der Waals surface area contributed by atoms with E-state index in [1.54, 1.807) is 6.33 Å². The van der Waals surface area contributed by atoms with Crippen molar-refractivity contribution in [1.82, 2.24) is 20.1 Å². The molecule has 0 radical (unpaired) electrons. The van der Waals surface area contributed by atoms with Crippen molar-refractivity contribution in [3.8, 4) is 6.07 Å². The Morgan fingerprint density at radius 1 is 1.48 bits per heavy atom. The molecule has 112 valence electrons. The highest BCUT2D eigenvalue weighted by atomic mass is 32.2. The quantitative estimate of drug-likeness (QED) is 0.842. The molecule has 1 N–H and O–H groups in total. The summed E-state index contributed by atoms with van der Waals surface area (Å²) in [5.74, 6) is 0.197. The molecule has 1 heterocycles. The topological polar surface area (TPSA) is 83.6 Å². The zero-order valence-electron chi connectivity index (χ0n) is 11.9. The van der Waals surface area contributed by atoms with Crippen LogP contribution in [0.4, 0.5) is 0 Å². The molecule has 0 unspecified atom stereocenters. The molecule has 2 fully saturated rings. The molecule has 0 aromatic carbocycles. The van der Waals surface area contributed by atoms with Crippen molar-refractivity contribution in [3.63, 3.8) is 0 Å². The van der Waals surface area contributed by atoms with Crippen molar-refractivity contribution in [1.29, 1.82) is 5.26 Å². The van der Waals surface area contributed by atoms with Crippen LogP contribution >= 0.6 is 11.8 Å². The Kier molecular flexibility index (Phi) is 4.15. The molecule has 3 rings (SSSR count). The normalized spacial score (nSPS) is 20.7. The first-order valence-electron chi connectivity index (χ1n) is 7.47. The van der Waals surface area contributed by atoms with Gasteiger partial charge >= 0.3 is 0 Å². The molecule has 7 heteroatoms. The third-order valence-corrected chi connectivity index (χ3v) is 5.07. The van der Waals surface area contributed by atoms with E-state index in [9.17, 15) is 10.1 Å². The van der Waals surface area contributed by atoms with Crippen molar-refractivity contribution in [2.24, 2.45) is 0 Å². The summed E-state index contributed by atoms with van der Waals surface area (Å²) in [6.45, 7) is 0. The summed E-state index contributed by atoms with van der Waals surface area (Å²) in [4.78, 5) is 12.1. The molecule has 2 saturated carbocycles. The highest BCUT2D eigenvalue weighted by Gasteiger charge is 2.33. The number of nitrogens with one attached hydrogen (secondary N) is 1. The van der Waals surface area contributed by atoms with Crippen LogP contribution in [-0.4, -0.2) is 32.0 Å². The van der Waals surface area contributed by atoms with Crippen molar-refractivity contribution in [2.45, 2.75) is 61.7 Å². The van der Waals surface area contributed by atoms with Gasteiger partial charge in [0.15, 0.2) is 5.16 Å². The molecule has 1 aromatic rings. The van der Waals surface area contributed by atoms with Gasteiger partial charge in [0.25, 0.3) is 0 Å². The number of aromatic nitrogens is 3. The second-order valence-electron chi connectivity index (χ2n) is 5.84. The number of carbonyl (C=O) groups is 1. The number of nitrogens with zero attached hydrogens (tertiary/aromatic N) is 4. The van der Waals surface area contributed by atoms with Crippen LogP contribution in [0.5, 0.6) is 0 Å². The van der Waals surface area contributed by atoms with Crippen molar-refractivity contribution >= 4 is 17.7 Å². The highest BCUT2D eigenvalue weighted by Crippen LogP contribution is 2.37. The number of hydrogen-bond donors (Lipinski definition) is 1. The smallest absolute Gasteiger partial charge is 0.231 e. The van der Waals surface area contributed by atoms with Gasteiger partial charge in [-0.3, -0.25) is 4.79 Å². The van der Waals surface area contributed by atoms with E-state index < -0.39 is 5.54 Å². The lowest BCUT2D eigenvalue weighted by Gasteiger charge is -2.31. The molecule has 0 bridgehead atoms. The molecule has 0 spiro atoms. The number of carbonyl (C=O) groups excluding carboxylic acids is 1. The minimum Gasteiger partial charge on any atom is -0.337 e. The second-order valence-corrected chi connectivity index (χ2v) is 6.79. The van der Waals surface area contributed by atoms with E-state index in [0.29, 0.717) is 6.04 Å². The first-order valence-corrected chi connectivity index (χ1v) is 8.46. The molecule has 0 saturated heterocycles. The molecule has 1 aromatic heterocycles. The Balaban J connectivity index is 1.54. The lowest BCUT2D eigenvalue weighted by Crippen LogP contribution is -2.49. The fourth-order valence-electron chi connectivity index (χ4n) is 2.79. The predicted octanol–water partition coefficient (Wildman–Crippen LogP) is 2.05. The molecule has 0 atom stereocenters. The van der Waals surface area contributed by atoms with Gasteiger partial charge in [-0.25, -0.2) is 0 Å². The lowest BCUT2D eigenvalue weighted by atomic mass is 9.83. The summed E-state index contributed by atoms with van der Waals surface area (Å²) in [5.41, 5.74) is -0.653. The van der Waals surface area contributed by atoms with Crippen LogP contribution in [0.15, 0.2) is 11.5 Å². The zero-order chi connectivity index (χ0) is 14.7. The summed E-state index contributed by atoms with van der Waals surface area (Å²) in [6.07, 6.45) is 8.75. The van der Waals surface area contributed by atoms with E-state index in [1.165, 1.54) is 11.8 Å². The van der Waals surface area contributed by atoms with E-state index in [2.05, 4.69) is 21.6 Å². The van der Waals surface area contributed by atoms with Gasteiger partial charge in [-0.1, -0.05) is 31.0 Å². The van der Waals surface area contributed by atoms with E-state index in [0.717, 1.165) is 50.1 Å². The van der Waals surface area contributed by atoms with Gasteiger partial charge in [0.1, 0.15) is 11.9 Å². The molecule has 21 heavy (non-hydrogen) atoms. The molecule has 0 aliphatic heterocycles. The summed E-state index contributed by atoms with van der Waals surface area (Å²) in [7, 11) is 0. The predicted molar refractivity (Wildman–Crippen MR) is 78.6 cm³/mol. The average molecular weight is 305 g/mol. The van der Waals surface area contributed by atoms with Gasteiger partial charge in [-0.15, -0.1) is 10.2 Å². The Labute approximate surface area is 128 Å². The van der Waals surface area contributed by atoms with E-state index in [-0.39, 0.29) is 11.7 Å². The van der Waals surface area contributed by atoms with Crippen molar-refractivity contribution < 1.29 is 4.79 Å². The lowest BCUT2D eigenvalue weighted by molar-refractivity contribution is -0.120. The molecule has 2 aliphatic carbocycles. The van der Waals surface area contributed by atoms with Crippen LogP contribution in [0.2, 0.25) is 0 Å². The summed E-state index contributed by atoms with van der Waals surface area (Å²) >= 11 is 1.40. The highest BCUT2D eigenvalue weighted by molar-refractivity contribution is 7.99. The standard InChI is InChI=1S/C14H19N5OS/c15-9-14(6-2-1-3-7-14)17-12(20)8-21-13-18-16-10-19(13)11-4-5-11/h10-11H,1-8H2,(H,17,20). The van der Waals surface area contributed by atoms with Crippen LogP contribution in [0.3, 0.4) is 0 Å². The maximum Gasteiger partial charge on any atom is 0.231 e.